The maximum Gasteiger partial charge on any atom is 0.416 e. The van der Waals surface area contributed by atoms with Crippen molar-refractivity contribution in [3.63, 3.8) is 0 Å². The van der Waals surface area contributed by atoms with Gasteiger partial charge in [-0.2, -0.15) is 13.2 Å². The molecule has 2 heterocycles. The van der Waals surface area contributed by atoms with Gasteiger partial charge >= 0.3 is 12.1 Å². The largest absolute Gasteiger partial charge is 0.488 e. The number of aliphatic carboxylic acids is 1. The predicted molar refractivity (Wildman–Crippen MR) is 127 cm³/mol. The lowest BCUT2D eigenvalue weighted by Crippen LogP contribution is -2.04. The van der Waals surface area contributed by atoms with Crippen molar-refractivity contribution in [1.82, 2.24) is 4.98 Å². The Bertz CT molecular complexity index is 1260. The number of carbonyl (C=O) groups is 1. The number of aromatic nitrogens is 1. The highest BCUT2D eigenvalue weighted by molar-refractivity contribution is 7.15. The number of ether oxygens (including phenoxy) is 2. The Morgan fingerprint density at radius 1 is 1.17 bits per heavy atom. The minimum Gasteiger partial charge on any atom is -0.488 e. The fraction of sp³-hybridized carbons (Fsp3) is 0.308. The van der Waals surface area contributed by atoms with Crippen LogP contribution >= 0.6 is 11.3 Å². The molecular weight excluding hydrogens is 479 g/mol. The first-order valence-corrected chi connectivity index (χ1v) is 11.9. The summed E-state index contributed by atoms with van der Waals surface area (Å²) in [6.45, 7) is 4.05. The van der Waals surface area contributed by atoms with Crippen LogP contribution in [0.3, 0.4) is 0 Å². The zero-order valence-electron chi connectivity index (χ0n) is 19.2. The lowest BCUT2D eigenvalue weighted by atomic mass is 10.0. The molecule has 2 aromatic carbocycles. The van der Waals surface area contributed by atoms with Crippen molar-refractivity contribution in [1.29, 1.82) is 0 Å². The minimum atomic E-state index is -4.38. The molecule has 0 bridgehead atoms. The fourth-order valence-corrected chi connectivity index (χ4v) is 4.79. The third-order valence-corrected chi connectivity index (χ3v) is 6.89. The van der Waals surface area contributed by atoms with E-state index in [1.165, 1.54) is 23.5 Å². The SMILES string of the molecule is Cc1ccc(OCc2sc(-c3ccc(C(F)(F)F)cc3)nc2C)c2c1OC(CCC(=O)O)=CCC2. The van der Waals surface area contributed by atoms with Crippen LogP contribution in [0.2, 0.25) is 0 Å². The van der Waals surface area contributed by atoms with Crippen molar-refractivity contribution in [2.45, 2.75) is 52.3 Å². The molecule has 0 amide bonds. The number of nitrogens with zero attached hydrogens (tertiary/aromatic N) is 1. The number of hydrogen-bond donors (Lipinski definition) is 1. The summed E-state index contributed by atoms with van der Waals surface area (Å²) in [5.74, 6) is 1.15. The van der Waals surface area contributed by atoms with Crippen LogP contribution in [0.25, 0.3) is 10.6 Å². The molecule has 9 heteroatoms. The van der Waals surface area contributed by atoms with E-state index >= 15 is 0 Å². The molecule has 0 radical (unpaired) electrons. The molecule has 0 unspecified atom stereocenters. The average molecular weight is 504 g/mol. The molecule has 4 rings (SSSR count). The second-order valence-electron chi connectivity index (χ2n) is 8.28. The Labute approximate surface area is 204 Å². The van der Waals surface area contributed by atoms with Crippen molar-refractivity contribution in [2.75, 3.05) is 0 Å². The topological polar surface area (TPSA) is 68.7 Å². The molecule has 35 heavy (non-hydrogen) atoms. The zero-order chi connectivity index (χ0) is 25.2. The quantitative estimate of drug-likeness (QED) is 0.373. The number of alkyl halides is 3. The molecule has 1 aliphatic heterocycles. The van der Waals surface area contributed by atoms with Gasteiger partial charge in [-0.1, -0.05) is 18.2 Å². The Morgan fingerprint density at radius 2 is 1.91 bits per heavy atom. The minimum absolute atomic E-state index is 0.00231. The number of aryl methyl sites for hydroxylation is 2. The lowest BCUT2D eigenvalue weighted by molar-refractivity contribution is -0.138. The molecule has 0 saturated heterocycles. The second-order valence-corrected chi connectivity index (χ2v) is 9.37. The molecule has 0 spiro atoms. The maximum atomic E-state index is 12.8. The maximum absolute atomic E-state index is 12.8. The molecule has 3 aromatic rings. The smallest absolute Gasteiger partial charge is 0.416 e. The highest BCUT2D eigenvalue weighted by Gasteiger charge is 2.30. The van der Waals surface area contributed by atoms with E-state index in [1.807, 2.05) is 32.1 Å². The van der Waals surface area contributed by atoms with E-state index in [0.717, 1.165) is 33.8 Å². The molecule has 1 aliphatic rings. The normalized spacial score (nSPS) is 13.5. The van der Waals surface area contributed by atoms with Crippen LogP contribution in [-0.2, 0) is 24.0 Å². The van der Waals surface area contributed by atoms with Gasteiger partial charge in [-0.15, -0.1) is 11.3 Å². The first kappa shape index (κ1) is 24.8. The number of allylic oxidation sites excluding steroid dienone is 2. The number of thiazole rings is 1. The molecule has 0 fully saturated rings. The monoisotopic (exact) mass is 503 g/mol. The summed E-state index contributed by atoms with van der Waals surface area (Å²) in [7, 11) is 0. The van der Waals surface area contributed by atoms with Crippen LogP contribution in [0.1, 0.15) is 46.5 Å². The third kappa shape index (κ3) is 5.85. The summed E-state index contributed by atoms with van der Waals surface area (Å²) in [6, 6.07) is 8.77. The summed E-state index contributed by atoms with van der Waals surface area (Å²) in [5.41, 5.74) is 2.55. The first-order valence-electron chi connectivity index (χ1n) is 11.1. The van der Waals surface area contributed by atoms with Crippen LogP contribution < -0.4 is 9.47 Å². The predicted octanol–water partition coefficient (Wildman–Crippen LogP) is 7.10. The van der Waals surface area contributed by atoms with Gasteiger partial charge in [0.1, 0.15) is 28.9 Å². The number of carboxylic acid groups (broad SMARTS) is 1. The van der Waals surface area contributed by atoms with Gasteiger partial charge < -0.3 is 14.6 Å². The third-order valence-electron chi connectivity index (χ3n) is 5.71. The van der Waals surface area contributed by atoms with Gasteiger partial charge in [0, 0.05) is 17.5 Å². The van der Waals surface area contributed by atoms with Gasteiger partial charge in [-0.3, -0.25) is 4.79 Å². The van der Waals surface area contributed by atoms with Crippen LogP contribution in [0.15, 0.2) is 48.2 Å². The van der Waals surface area contributed by atoms with Crippen LogP contribution in [-0.4, -0.2) is 16.1 Å². The van der Waals surface area contributed by atoms with Gasteiger partial charge in [-0.25, -0.2) is 4.98 Å². The summed E-state index contributed by atoms with van der Waals surface area (Å²) >= 11 is 1.39. The van der Waals surface area contributed by atoms with E-state index in [0.29, 0.717) is 47.1 Å². The zero-order valence-corrected chi connectivity index (χ0v) is 20.1. The second kappa shape index (κ2) is 10.1. The molecule has 0 atom stereocenters. The van der Waals surface area contributed by atoms with Gasteiger partial charge in [0.25, 0.3) is 0 Å². The molecule has 1 aromatic heterocycles. The molecule has 184 valence electrons. The van der Waals surface area contributed by atoms with Crippen molar-refractivity contribution in [3.8, 4) is 22.1 Å². The Morgan fingerprint density at radius 3 is 2.60 bits per heavy atom. The highest BCUT2D eigenvalue weighted by atomic mass is 32.1. The molecular formula is C26H24F3NO4S. The Kier molecular flexibility index (Phi) is 7.16. The fourth-order valence-electron chi connectivity index (χ4n) is 3.80. The highest BCUT2D eigenvalue weighted by Crippen LogP contribution is 2.38. The van der Waals surface area contributed by atoms with E-state index in [1.54, 1.807) is 0 Å². The Hall–Kier alpha value is -3.33. The van der Waals surface area contributed by atoms with Crippen molar-refractivity contribution < 1.29 is 32.5 Å². The van der Waals surface area contributed by atoms with Crippen molar-refractivity contribution in [3.05, 3.63) is 75.5 Å². The number of benzene rings is 2. The number of fused-ring (bicyclic) bond motifs is 1. The standard InChI is InChI=1S/C26H24F3NO4S/c1-15-6-12-21(20-5-3-4-19(34-24(15)20)11-13-23(31)32)33-14-22-16(2)30-25(35-22)17-7-9-18(10-8-17)26(27,28)29/h4,6-10,12H,3,5,11,13-14H2,1-2H3,(H,31,32). The number of hydrogen-bond acceptors (Lipinski definition) is 5. The summed E-state index contributed by atoms with van der Waals surface area (Å²) < 4.78 is 50.8. The van der Waals surface area contributed by atoms with E-state index in [-0.39, 0.29) is 13.0 Å². The summed E-state index contributed by atoms with van der Waals surface area (Å²) in [6.07, 6.45) is -0.719. The van der Waals surface area contributed by atoms with Gasteiger partial charge in [0.2, 0.25) is 0 Å². The average Bonchev–Trinajstić information content (AvgIpc) is 3.03. The Balaban J connectivity index is 1.50. The van der Waals surface area contributed by atoms with Crippen LogP contribution in [0, 0.1) is 13.8 Å². The van der Waals surface area contributed by atoms with Gasteiger partial charge in [0.15, 0.2) is 0 Å². The number of halogens is 3. The first-order chi connectivity index (χ1) is 16.6. The van der Waals surface area contributed by atoms with Crippen molar-refractivity contribution >= 4 is 17.3 Å². The molecule has 1 N–H and O–H groups in total. The molecule has 0 aliphatic carbocycles. The van der Waals surface area contributed by atoms with Gasteiger partial charge in [0.05, 0.1) is 22.6 Å². The number of rotatable bonds is 7. The summed E-state index contributed by atoms with van der Waals surface area (Å²) in [5, 5.41) is 9.61. The van der Waals surface area contributed by atoms with Crippen molar-refractivity contribution in [2.24, 2.45) is 0 Å². The molecule has 5 nitrogen and oxygen atoms in total. The number of carboxylic acids is 1. The van der Waals surface area contributed by atoms with Crippen LogP contribution in [0.5, 0.6) is 11.5 Å². The van der Waals surface area contributed by atoms with Gasteiger partial charge in [-0.05, 0) is 56.5 Å². The van der Waals surface area contributed by atoms with Crippen LogP contribution in [0.4, 0.5) is 13.2 Å². The van der Waals surface area contributed by atoms with E-state index < -0.39 is 17.7 Å². The van der Waals surface area contributed by atoms with E-state index in [9.17, 15) is 18.0 Å². The van der Waals surface area contributed by atoms with E-state index in [2.05, 4.69) is 4.98 Å². The molecule has 0 saturated carbocycles. The summed E-state index contributed by atoms with van der Waals surface area (Å²) in [4.78, 5) is 16.3. The van der Waals surface area contributed by atoms with E-state index in [4.69, 9.17) is 14.6 Å². The lowest BCUT2D eigenvalue weighted by Gasteiger charge is -2.17.